The molecular formula is C33H38O6S2. The van der Waals surface area contributed by atoms with Crippen LogP contribution >= 0.6 is 0 Å². The smallest absolute Gasteiger partial charge is 0.166 e. The summed E-state index contributed by atoms with van der Waals surface area (Å²) in [6.45, 7) is 5.86. The van der Waals surface area contributed by atoms with Crippen LogP contribution in [0.2, 0.25) is 0 Å². The van der Waals surface area contributed by atoms with E-state index in [9.17, 15) is 0 Å². The van der Waals surface area contributed by atoms with Gasteiger partial charge in [0.15, 0.2) is 14.7 Å². The highest BCUT2D eigenvalue weighted by atomic mass is 32.2. The van der Waals surface area contributed by atoms with Crippen LogP contribution in [-0.4, -0.2) is 32.4 Å². The molecule has 4 rings (SSSR count). The van der Waals surface area contributed by atoms with E-state index in [2.05, 4.69) is 74.5 Å². The van der Waals surface area contributed by atoms with E-state index in [0.717, 1.165) is 61.9 Å². The molecule has 0 spiro atoms. The predicted octanol–water partition coefficient (Wildman–Crippen LogP) is 8.09. The molecule has 218 valence electrons. The van der Waals surface area contributed by atoms with Crippen molar-refractivity contribution in [2.24, 2.45) is 0 Å². The lowest BCUT2D eigenvalue weighted by molar-refractivity contribution is 0.309. The second-order valence-corrected chi connectivity index (χ2v) is 12.7. The topological polar surface area (TPSA) is 84.9 Å². The van der Waals surface area contributed by atoms with Crippen LogP contribution in [0.25, 0.3) is 0 Å². The molecule has 6 nitrogen and oxygen atoms in total. The molecule has 0 bridgehead atoms. The normalized spacial score (nSPS) is 11.0. The van der Waals surface area contributed by atoms with Crippen LogP contribution in [0.1, 0.15) is 39.5 Å². The summed E-state index contributed by atoms with van der Waals surface area (Å²) in [6.07, 6.45) is 4.99. The maximum Gasteiger partial charge on any atom is 0.166 e. The Morgan fingerprint density at radius 1 is 0.585 bits per heavy atom. The molecule has 0 radical (unpaired) electrons. The molecule has 4 aromatic carbocycles. The van der Waals surface area contributed by atoms with Crippen LogP contribution in [0, 0.1) is 0 Å². The second kappa shape index (κ2) is 16.7. The summed E-state index contributed by atoms with van der Waals surface area (Å²) in [5.41, 5.74) is 0. The fourth-order valence-corrected chi connectivity index (χ4v) is 5.73. The van der Waals surface area contributed by atoms with Gasteiger partial charge in [0.05, 0.1) is 34.2 Å². The molecule has 0 aliphatic carbocycles. The molecule has 0 atom stereocenters. The molecule has 0 amide bonds. The zero-order chi connectivity index (χ0) is 29.5. The van der Waals surface area contributed by atoms with Crippen molar-refractivity contribution in [1.29, 1.82) is 0 Å². The zero-order valence-corrected chi connectivity index (χ0v) is 25.5. The first-order valence-corrected chi connectivity index (χ1v) is 16.7. The Balaban J connectivity index is 0.000000850. The van der Waals surface area contributed by atoms with Gasteiger partial charge in [-0.1, -0.05) is 44.9 Å². The summed E-state index contributed by atoms with van der Waals surface area (Å²) in [4.78, 5) is 3.72. The van der Waals surface area contributed by atoms with Crippen LogP contribution in [-0.2, 0) is 21.0 Å². The van der Waals surface area contributed by atoms with Crippen molar-refractivity contribution in [3.8, 4) is 23.0 Å². The maximum absolute atomic E-state index is 9.08. The fourth-order valence-electron chi connectivity index (χ4n) is 3.69. The molecule has 0 aliphatic heterocycles. The van der Waals surface area contributed by atoms with Crippen molar-refractivity contribution in [1.82, 2.24) is 0 Å². The lowest BCUT2D eigenvalue weighted by atomic mass is 10.3. The monoisotopic (exact) mass is 594 g/mol. The molecule has 0 saturated heterocycles. The number of hydrogen-bond acceptors (Lipinski definition) is 6. The van der Waals surface area contributed by atoms with E-state index in [-0.39, 0.29) is 10.9 Å². The first-order chi connectivity index (χ1) is 19.8. The van der Waals surface area contributed by atoms with Gasteiger partial charge in [0, 0.05) is 6.26 Å². The van der Waals surface area contributed by atoms with Crippen molar-refractivity contribution in [2.45, 2.75) is 54.2 Å². The molecule has 0 heterocycles. The molecule has 0 aromatic heterocycles. The Hall–Kier alpha value is -3.46. The lowest BCUT2D eigenvalue weighted by Crippen LogP contribution is -2.05. The molecule has 0 aliphatic rings. The van der Waals surface area contributed by atoms with Gasteiger partial charge in [-0.05, 0) is 97.8 Å². The van der Waals surface area contributed by atoms with Crippen LogP contribution < -0.4 is 14.2 Å². The summed E-state index contributed by atoms with van der Waals surface area (Å²) in [5, 5.41) is 0. The van der Waals surface area contributed by atoms with Gasteiger partial charge in [-0.25, -0.2) is 8.42 Å². The highest BCUT2D eigenvalue weighted by Gasteiger charge is 2.29. The van der Waals surface area contributed by atoms with E-state index < -0.39 is 10.1 Å². The van der Waals surface area contributed by atoms with Crippen molar-refractivity contribution >= 4 is 21.0 Å². The lowest BCUT2D eigenvalue weighted by Gasteiger charge is -2.11. The summed E-state index contributed by atoms with van der Waals surface area (Å²) in [7, 11) is -4.18. The summed E-state index contributed by atoms with van der Waals surface area (Å²) in [5.74, 6) is 3.50. The van der Waals surface area contributed by atoms with Crippen molar-refractivity contribution in [2.75, 3.05) is 19.5 Å². The Morgan fingerprint density at radius 2 is 0.927 bits per heavy atom. The van der Waals surface area contributed by atoms with Crippen LogP contribution in [0.4, 0.5) is 0 Å². The molecule has 0 saturated carbocycles. The van der Waals surface area contributed by atoms with Crippen molar-refractivity contribution in [3.05, 3.63) is 103 Å². The number of para-hydroxylation sites is 1. The Kier molecular flexibility index (Phi) is 13.1. The number of benzene rings is 4. The summed E-state index contributed by atoms with van der Waals surface area (Å²) in [6, 6.07) is 35.4. The number of ether oxygens (including phenoxy) is 3. The van der Waals surface area contributed by atoms with E-state index in [1.54, 1.807) is 0 Å². The number of rotatable bonds is 13. The average Bonchev–Trinajstić information content (AvgIpc) is 2.96. The third-order valence-electron chi connectivity index (χ3n) is 5.69. The largest absolute Gasteiger partial charge is 0.748 e. The Bertz CT molecular complexity index is 1330. The van der Waals surface area contributed by atoms with Gasteiger partial charge in [-0.3, -0.25) is 0 Å². The van der Waals surface area contributed by atoms with Gasteiger partial charge in [0.1, 0.15) is 23.0 Å². The third-order valence-corrected chi connectivity index (χ3v) is 7.92. The average molecular weight is 595 g/mol. The molecule has 0 unspecified atom stereocenters. The van der Waals surface area contributed by atoms with E-state index in [4.69, 9.17) is 27.2 Å². The Morgan fingerprint density at radius 3 is 1.29 bits per heavy atom. The number of hydrogen-bond donors (Lipinski definition) is 0. The minimum atomic E-state index is -3.92. The van der Waals surface area contributed by atoms with Crippen LogP contribution in [0.15, 0.2) is 118 Å². The van der Waals surface area contributed by atoms with Crippen LogP contribution in [0.5, 0.6) is 23.0 Å². The third kappa shape index (κ3) is 11.9. The standard InChI is InChI=1S/C32H35O3S.CH4O3S/c1-3-5-24-33-26-12-18-30(19-13-26)36(31-20-14-27(15-21-31)34-25-6-4-2)32-22-16-29(17-23-32)35-28-10-8-7-9-11-28;1-5(2,3)4/h7-23H,3-6,24-25H2,1-2H3;1H3,(H,2,3,4)/q+1;/p-1. The molecule has 8 heteroatoms. The first kappa shape index (κ1) is 32.1. The SMILES string of the molecule is CCCCOc1ccc([S+](c2ccc(OCCCC)cc2)c2ccc(Oc3ccccc3)cc2)cc1.CS(=O)(=O)[O-]. The van der Waals surface area contributed by atoms with E-state index in [1.165, 1.54) is 14.7 Å². The zero-order valence-electron chi connectivity index (χ0n) is 23.8. The van der Waals surface area contributed by atoms with Gasteiger partial charge >= 0.3 is 0 Å². The summed E-state index contributed by atoms with van der Waals surface area (Å²) >= 11 is 0. The number of unbranched alkanes of at least 4 members (excludes halogenated alkanes) is 2. The van der Waals surface area contributed by atoms with E-state index >= 15 is 0 Å². The highest BCUT2D eigenvalue weighted by molar-refractivity contribution is 7.97. The fraction of sp³-hybridized carbons (Fsp3) is 0.273. The summed E-state index contributed by atoms with van der Waals surface area (Å²) < 4.78 is 45.0. The molecule has 0 fully saturated rings. The van der Waals surface area contributed by atoms with Gasteiger partial charge < -0.3 is 18.8 Å². The van der Waals surface area contributed by atoms with E-state index in [0.29, 0.717) is 6.26 Å². The van der Waals surface area contributed by atoms with Gasteiger partial charge in [-0.15, -0.1) is 0 Å². The molecular weight excluding hydrogens is 556 g/mol. The Labute approximate surface area is 247 Å². The van der Waals surface area contributed by atoms with Crippen molar-refractivity contribution < 1.29 is 27.2 Å². The first-order valence-electron chi connectivity index (χ1n) is 13.7. The van der Waals surface area contributed by atoms with E-state index in [1.807, 2.05) is 42.5 Å². The predicted molar refractivity (Wildman–Crippen MR) is 164 cm³/mol. The van der Waals surface area contributed by atoms with Gasteiger partial charge in [0.25, 0.3) is 0 Å². The second-order valence-electron chi connectivity index (χ2n) is 9.24. The molecule has 41 heavy (non-hydrogen) atoms. The van der Waals surface area contributed by atoms with Gasteiger partial charge in [-0.2, -0.15) is 0 Å². The maximum atomic E-state index is 9.08. The highest BCUT2D eigenvalue weighted by Crippen LogP contribution is 2.34. The van der Waals surface area contributed by atoms with Gasteiger partial charge in [0.2, 0.25) is 0 Å². The van der Waals surface area contributed by atoms with Crippen LogP contribution in [0.3, 0.4) is 0 Å². The molecule has 0 N–H and O–H groups in total. The minimum Gasteiger partial charge on any atom is -0.748 e. The van der Waals surface area contributed by atoms with Crippen molar-refractivity contribution in [3.63, 3.8) is 0 Å². The quantitative estimate of drug-likeness (QED) is 0.0883. The minimum absolute atomic E-state index is 0.267. The molecule has 4 aromatic rings.